The highest BCUT2D eigenvalue weighted by molar-refractivity contribution is 5.85. The third-order valence-electron chi connectivity index (χ3n) is 3.13. The van der Waals surface area contributed by atoms with E-state index in [9.17, 15) is 4.79 Å². The minimum Gasteiger partial charge on any atom is -0.477 e. The fraction of sp³-hybridized carbons (Fsp3) is 0.312. The Bertz CT molecular complexity index is 681. The molecule has 2 rings (SSSR count). The number of aromatic nitrogens is 2. The van der Waals surface area contributed by atoms with Crippen LogP contribution in [0.2, 0.25) is 0 Å². The molecule has 2 aromatic rings. The molecule has 0 radical (unpaired) electrons. The molecule has 0 fully saturated rings. The van der Waals surface area contributed by atoms with E-state index in [2.05, 4.69) is 23.8 Å². The number of aryl methyl sites for hydroxylation is 2. The predicted molar refractivity (Wildman–Crippen MR) is 79.1 cm³/mol. The summed E-state index contributed by atoms with van der Waals surface area (Å²) >= 11 is 0. The zero-order valence-electron chi connectivity index (χ0n) is 12.5. The smallest absolute Gasteiger partial charge is 0.354 e. The standard InChI is InChI=1S/C16H18N2O3/c1-9(2)12-6-5-10(3)14(8-12)21-16-17-11(4)7-13(18-16)15(19)20/h5-9H,1-4H3,(H,19,20). The Balaban J connectivity index is 2.38. The molecule has 1 aromatic heterocycles. The second-order valence-corrected chi connectivity index (χ2v) is 5.26. The summed E-state index contributed by atoms with van der Waals surface area (Å²) in [5.41, 5.74) is 2.56. The molecule has 0 spiro atoms. The van der Waals surface area contributed by atoms with Crippen LogP contribution in [-0.4, -0.2) is 21.0 Å². The van der Waals surface area contributed by atoms with Crippen molar-refractivity contribution in [2.75, 3.05) is 0 Å². The monoisotopic (exact) mass is 286 g/mol. The fourth-order valence-corrected chi connectivity index (χ4v) is 1.88. The van der Waals surface area contributed by atoms with Crippen LogP contribution in [0.25, 0.3) is 0 Å². The molecule has 1 heterocycles. The summed E-state index contributed by atoms with van der Waals surface area (Å²) in [5, 5.41) is 9.03. The molecule has 0 aliphatic rings. The highest BCUT2D eigenvalue weighted by Gasteiger charge is 2.12. The van der Waals surface area contributed by atoms with E-state index < -0.39 is 5.97 Å². The van der Waals surface area contributed by atoms with Gasteiger partial charge in [-0.1, -0.05) is 26.0 Å². The highest BCUT2D eigenvalue weighted by Crippen LogP contribution is 2.27. The van der Waals surface area contributed by atoms with Gasteiger partial charge in [0.2, 0.25) is 0 Å². The number of carboxylic acid groups (broad SMARTS) is 1. The molecule has 5 heteroatoms. The van der Waals surface area contributed by atoms with Crippen molar-refractivity contribution in [3.8, 4) is 11.8 Å². The van der Waals surface area contributed by atoms with Crippen LogP contribution < -0.4 is 4.74 Å². The van der Waals surface area contributed by atoms with Gasteiger partial charge in [-0.05, 0) is 43.0 Å². The first-order valence-electron chi connectivity index (χ1n) is 6.74. The summed E-state index contributed by atoms with van der Waals surface area (Å²) in [7, 11) is 0. The Labute approximate surface area is 123 Å². The molecule has 0 saturated heterocycles. The Morgan fingerprint density at radius 2 is 1.90 bits per heavy atom. The lowest BCUT2D eigenvalue weighted by Gasteiger charge is -2.12. The van der Waals surface area contributed by atoms with Crippen molar-refractivity contribution in [1.82, 2.24) is 9.97 Å². The molecule has 1 aromatic carbocycles. The number of ether oxygens (including phenoxy) is 1. The summed E-state index contributed by atoms with van der Waals surface area (Å²) in [4.78, 5) is 19.1. The summed E-state index contributed by atoms with van der Waals surface area (Å²) in [6.45, 7) is 7.83. The number of nitrogens with zero attached hydrogens (tertiary/aromatic N) is 2. The average molecular weight is 286 g/mol. The summed E-state index contributed by atoms with van der Waals surface area (Å²) in [5.74, 6) is -0.0814. The molecule has 0 aliphatic carbocycles. The molecule has 0 unspecified atom stereocenters. The van der Waals surface area contributed by atoms with Crippen molar-refractivity contribution < 1.29 is 14.6 Å². The van der Waals surface area contributed by atoms with Crippen molar-refractivity contribution in [3.05, 3.63) is 46.8 Å². The molecule has 0 bridgehead atoms. The third kappa shape index (κ3) is 3.56. The van der Waals surface area contributed by atoms with Crippen molar-refractivity contribution in [3.63, 3.8) is 0 Å². The predicted octanol–water partition coefficient (Wildman–Crippen LogP) is 3.71. The molecule has 110 valence electrons. The van der Waals surface area contributed by atoms with E-state index in [1.165, 1.54) is 6.07 Å². The highest BCUT2D eigenvalue weighted by atomic mass is 16.5. The van der Waals surface area contributed by atoms with Crippen LogP contribution in [0.1, 0.15) is 47.1 Å². The van der Waals surface area contributed by atoms with E-state index in [1.807, 2.05) is 25.1 Å². The molecular formula is C16H18N2O3. The normalized spacial score (nSPS) is 10.7. The van der Waals surface area contributed by atoms with Gasteiger partial charge in [0.1, 0.15) is 5.75 Å². The summed E-state index contributed by atoms with van der Waals surface area (Å²) in [6, 6.07) is 7.42. The number of carboxylic acids is 1. The van der Waals surface area contributed by atoms with Gasteiger partial charge in [-0.15, -0.1) is 0 Å². The Morgan fingerprint density at radius 1 is 1.19 bits per heavy atom. The van der Waals surface area contributed by atoms with Crippen molar-refractivity contribution in [2.45, 2.75) is 33.6 Å². The number of benzene rings is 1. The Morgan fingerprint density at radius 3 is 2.52 bits per heavy atom. The maximum absolute atomic E-state index is 11.0. The Kier molecular flexibility index (Phi) is 4.21. The van der Waals surface area contributed by atoms with Crippen molar-refractivity contribution >= 4 is 5.97 Å². The lowest BCUT2D eigenvalue weighted by Crippen LogP contribution is -2.05. The molecule has 0 atom stereocenters. The van der Waals surface area contributed by atoms with Gasteiger partial charge in [0, 0.05) is 5.69 Å². The van der Waals surface area contributed by atoms with E-state index in [4.69, 9.17) is 9.84 Å². The second kappa shape index (κ2) is 5.91. The van der Waals surface area contributed by atoms with Crippen LogP contribution in [-0.2, 0) is 0 Å². The molecule has 0 saturated carbocycles. The van der Waals surface area contributed by atoms with Crippen LogP contribution in [0.3, 0.4) is 0 Å². The van der Waals surface area contributed by atoms with Crippen LogP contribution in [0.4, 0.5) is 0 Å². The lowest BCUT2D eigenvalue weighted by molar-refractivity contribution is 0.0689. The topological polar surface area (TPSA) is 72.3 Å². The van der Waals surface area contributed by atoms with E-state index >= 15 is 0 Å². The minimum atomic E-state index is -1.10. The molecule has 0 aliphatic heterocycles. The number of carbonyl (C=O) groups is 1. The van der Waals surface area contributed by atoms with Crippen LogP contribution in [0.5, 0.6) is 11.8 Å². The first kappa shape index (κ1) is 15.0. The number of aromatic carboxylic acids is 1. The van der Waals surface area contributed by atoms with E-state index in [0.29, 0.717) is 17.4 Å². The maximum Gasteiger partial charge on any atom is 0.354 e. The number of hydrogen-bond acceptors (Lipinski definition) is 4. The summed E-state index contributed by atoms with van der Waals surface area (Å²) in [6.07, 6.45) is 0. The first-order valence-corrected chi connectivity index (χ1v) is 6.74. The fourth-order valence-electron chi connectivity index (χ4n) is 1.88. The zero-order chi connectivity index (χ0) is 15.6. The quantitative estimate of drug-likeness (QED) is 0.927. The van der Waals surface area contributed by atoms with Gasteiger partial charge in [-0.25, -0.2) is 9.78 Å². The van der Waals surface area contributed by atoms with E-state index in [1.54, 1.807) is 6.92 Å². The van der Waals surface area contributed by atoms with Gasteiger partial charge in [-0.3, -0.25) is 0 Å². The molecule has 0 amide bonds. The molecule has 5 nitrogen and oxygen atoms in total. The second-order valence-electron chi connectivity index (χ2n) is 5.26. The van der Waals surface area contributed by atoms with Gasteiger partial charge in [-0.2, -0.15) is 4.98 Å². The van der Waals surface area contributed by atoms with Gasteiger partial charge in [0.25, 0.3) is 0 Å². The third-order valence-corrected chi connectivity index (χ3v) is 3.13. The first-order chi connectivity index (χ1) is 9.86. The largest absolute Gasteiger partial charge is 0.477 e. The number of hydrogen-bond donors (Lipinski definition) is 1. The maximum atomic E-state index is 11.0. The van der Waals surface area contributed by atoms with Gasteiger partial charge in [0.05, 0.1) is 0 Å². The van der Waals surface area contributed by atoms with Crippen LogP contribution >= 0.6 is 0 Å². The minimum absolute atomic E-state index is 0.0522. The van der Waals surface area contributed by atoms with Crippen LogP contribution in [0, 0.1) is 13.8 Å². The Hall–Kier alpha value is -2.43. The van der Waals surface area contributed by atoms with E-state index in [0.717, 1.165) is 11.1 Å². The molecular weight excluding hydrogens is 268 g/mol. The van der Waals surface area contributed by atoms with Crippen molar-refractivity contribution in [2.24, 2.45) is 0 Å². The summed E-state index contributed by atoms with van der Waals surface area (Å²) < 4.78 is 5.69. The SMILES string of the molecule is Cc1cc(C(=O)O)nc(Oc2cc(C(C)C)ccc2C)n1. The van der Waals surface area contributed by atoms with E-state index in [-0.39, 0.29) is 11.7 Å². The molecule has 1 N–H and O–H groups in total. The number of rotatable bonds is 4. The average Bonchev–Trinajstić information content (AvgIpc) is 2.40. The van der Waals surface area contributed by atoms with Gasteiger partial charge >= 0.3 is 12.0 Å². The zero-order valence-corrected chi connectivity index (χ0v) is 12.5. The molecule has 21 heavy (non-hydrogen) atoms. The lowest BCUT2D eigenvalue weighted by atomic mass is 10.0. The van der Waals surface area contributed by atoms with Gasteiger partial charge < -0.3 is 9.84 Å². The van der Waals surface area contributed by atoms with Gasteiger partial charge in [0.15, 0.2) is 5.69 Å². The van der Waals surface area contributed by atoms with Crippen LogP contribution in [0.15, 0.2) is 24.3 Å². The van der Waals surface area contributed by atoms with Crippen molar-refractivity contribution in [1.29, 1.82) is 0 Å².